The smallest absolute Gasteiger partial charge is 0.144 e. The quantitative estimate of drug-likeness (QED) is 0.425. The fourth-order valence-electron chi connectivity index (χ4n) is 4.05. The maximum absolute atomic E-state index is 5.61. The van der Waals surface area contributed by atoms with Gasteiger partial charge in [0.1, 0.15) is 5.75 Å². The number of aromatic nitrogens is 3. The third-order valence-electron chi connectivity index (χ3n) is 5.60. The Morgan fingerprint density at radius 3 is 2.58 bits per heavy atom. The fraction of sp³-hybridized carbons (Fsp3) is 0.0385. The van der Waals surface area contributed by atoms with Crippen molar-refractivity contribution in [3.8, 4) is 17.1 Å². The molecule has 0 saturated carbocycles. The van der Waals surface area contributed by atoms with E-state index in [9.17, 15) is 0 Å². The lowest BCUT2D eigenvalue weighted by Gasteiger charge is -1.94. The first-order valence-electron chi connectivity index (χ1n) is 10.2. The number of benzene rings is 2. The zero-order chi connectivity index (χ0) is 20.8. The fourth-order valence-corrected chi connectivity index (χ4v) is 4.05. The largest absolute Gasteiger partial charge is 0.494 e. The first-order valence-corrected chi connectivity index (χ1v) is 10.2. The van der Waals surface area contributed by atoms with Gasteiger partial charge in [0.05, 0.1) is 40.3 Å². The summed E-state index contributed by atoms with van der Waals surface area (Å²) >= 11 is 0. The molecule has 2 aromatic carbocycles. The Bertz CT molecular complexity index is 1610. The number of hydrogen-bond acceptors (Lipinski definition) is 2. The number of fused-ring (bicyclic) bond motifs is 2. The van der Waals surface area contributed by atoms with Crippen LogP contribution in [-0.4, -0.2) is 22.1 Å². The summed E-state index contributed by atoms with van der Waals surface area (Å²) in [6.45, 7) is 0. The van der Waals surface area contributed by atoms with Crippen LogP contribution in [0.25, 0.3) is 40.1 Å². The van der Waals surface area contributed by atoms with Crippen molar-refractivity contribution in [2.24, 2.45) is 4.99 Å². The van der Waals surface area contributed by atoms with E-state index in [1.165, 1.54) is 5.39 Å². The van der Waals surface area contributed by atoms with Crippen molar-refractivity contribution in [3.63, 3.8) is 0 Å². The predicted molar refractivity (Wildman–Crippen MR) is 123 cm³/mol. The van der Waals surface area contributed by atoms with Gasteiger partial charge < -0.3 is 19.7 Å². The lowest BCUT2D eigenvalue weighted by Crippen LogP contribution is -2.19. The van der Waals surface area contributed by atoms with Gasteiger partial charge in [0.2, 0.25) is 0 Å². The summed E-state index contributed by atoms with van der Waals surface area (Å²) in [4.78, 5) is 15.1. The molecular formula is C26H20N4O. The van der Waals surface area contributed by atoms with E-state index in [4.69, 9.17) is 9.73 Å². The molecule has 0 unspecified atom stereocenters. The monoisotopic (exact) mass is 404 g/mol. The SMILES string of the molecule is COc1c/c(=C2\C=c3ccccc3=N2)[nH]/c1=C\c1ccc(-c2cc3ccccc3[nH]2)[nH]1. The van der Waals surface area contributed by atoms with E-state index in [0.29, 0.717) is 0 Å². The Labute approximate surface area is 177 Å². The Morgan fingerprint density at radius 2 is 1.71 bits per heavy atom. The van der Waals surface area contributed by atoms with E-state index >= 15 is 0 Å². The molecule has 5 nitrogen and oxygen atoms in total. The van der Waals surface area contributed by atoms with Gasteiger partial charge in [-0.05, 0) is 42.5 Å². The van der Waals surface area contributed by atoms with Gasteiger partial charge >= 0.3 is 0 Å². The highest BCUT2D eigenvalue weighted by atomic mass is 16.5. The zero-order valence-electron chi connectivity index (χ0n) is 16.9. The van der Waals surface area contributed by atoms with Gasteiger partial charge in [-0.15, -0.1) is 0 Å². The normalized spacial score (nSPS) is 15.1. The summed E-state index contributed by atoms with van der Waals surface area (Å²) in [5.74, 6) is 0.781. The summed E-state index contributed by atoms with van der Waals surface area (Å²) < 4.78 is 5.61. The number of H-pyrrole nitrogens is 3. The third kappa shape index (κ3) is 3.07. The molecule has 0 aliphatic carbocycles. The van der Waals surface area contributed by atoms with E-state index in [2.05, 4.69) is 63.5 Å². The Balaban J connectivity index is 1.42. The molecule has 6 rings (SSSR count). The van der Waals surface area contributed by atoms with Crippen molar-refractivity contribution in [1.29, 1.82) is 0 Å². The number of para-hydroxylation sites is 2. The molecule has 1 aliphatic rings. The van der Waals surface area contributed by atoms with E-state index in [0.717, 1.165) is 55.3 Å². The first kappa shape index (κ1) is 17.6. The zero-order valence-corrected chi connectivity index (χ0v) is 16.9. The van der Waals surface area contributed by atoms with Gasteiger partial charge in [0.25, 0.3) is 0 Å². The molecule has 5 heteroatoms. The molecule has 0 bridgehead atoms. The average molecular weight is 404 g/mol. The summed E-state index contributed by atoms with van der Waals surface area (Å²) in [7, 11) is 1.68. The van der Waals surface area contributed by atoms with Crippen molar-refractivity contribution in [3.05, 3.63) is 99.8 Å². The molecule has 0 spiro atoms. The van der Waals surface area contributed by atoms with Gasteiger partial charge in [-0.2, -0.15) is 0 Å². The number of nitrogens with zero attached hydrogens (tertiary/aromatic N) is 1. The van der Waals surface area contributed by atoms with Crippen molar-refractivity contribution < 1.29 is 4.74 Å². The van der Waals surface area contributed by atoms with Gasteiger partial charge in [0.15, 0.2) is 0 Å². The highest BCUT2D eigenvalue weighted by Crippen LogP contribution is 2.23. The lowest BCUT2D eigenvalue weighted by molar-refractivity contribution is 0.412. The second-order valence-corrected chi connectivity index (χ2v) is 7.61. The molecule has 1 aliphatic heterocycles. The van der Waals surface area contributed by atoms with Crippen LogP contribution in [0.5, 0.6) is 5.75 Å². The minimum absolute atomic E-state index is 0.781. The molecule has 150 valence electrons. The molecule has 3 aromatic heterocycles. The number of aromatic amines is 3. The van der Waals surface area contributed by atoms with Crippen molar-refractivity contribution in [2.75, 3.05) is 7.11 Å². The van der Waals surface area contributed by atoms with Crippen LogP contribution in [0.2, 0.25) is 0 Å². The molecule has 0 radical (unpaired) electrons. The average Bonchev–Trinajstić information content (AvgIpc) is 3.57. The summed E-state index contributed by atoms with van der Waals surface area (Å²) in [6, 6.07) is 24.7. The molecular weight excluding hydrogens is 384 g/mol. The predicted octanol–water partition coefficient (Wildman–Crippen LogP) is 2.55. The van der Waals surface area contributed by atoms with Crippen LogP contribution in [0.3, 0.4) is 0 Å². The van der Waals surface area contributed by atoms with Crippen LogP contribution in [0.15, 0.2) is 77.8 Å². The van der Waals surface area contributed by atoms with Crippen molar-refractivity contribution >= 4 is 28.8 Å². The van der Waals surface area contributed by atoms with E-state index in [-0.39, 0.29) is 0 Å². The molecule has 0 atom stereocenters. The standard InChI is InChI=1S/C26H20N4O/c1-31-26-15-24(23-13-17-7-3-5-9-20(17)29-23)30-25(26)14-18-10-11-21(27-18)22-12-16-6-2-4-8-19(16)28-22/h2-15,27-28,30H,1H3/b24-23-,25-14-. The van der Waals surface area contributed by atoms with Gasteiger partial charge in [-0.25, -0.2) is 4.99 Å². The summed E-state index contributed by atoms with van der Waals surface area (Å²) in [5, 5.41) is 5.15. The Morgan fingerprint density at radius 1 is 0.839 bits per heavy atom. The molecule has 4 heterocycles. The van der Waals surface area contributed by atoms with E-state index in [1.54, 1.807) is 7.11 Å². The van der Waals surface area contributed by atoms with Crippen LogP contribution >= 0.6 is 0 Å². The van der Waals surface area contributed by atoms with Crippen LogP contribution in [0, 0.1) is 0 Å². The van der Waals surface area contributed by atoms with Gasteiger partial charge in [0, 0.05) is 27.9 Å². The second kappa shape index (κ2) is 6.92. The number of rotatable bonds is 3. The van der Waals surface area contributed by atoms with Crippen LogP contribution < -0.4 is 26.0 Å². The lowest BCUT2D eigenvalue weighted by atomic mass is 10.2. The number of methoxy groups -OCH3 is 1. The van der Waals surface area contributed by atoms with Crippen LogP contribution in [0.4, 0.5) is 0 Å². The molecule has 0 amide bonds. The van der Waals surface area contributed by atoms with E-state index < -0.39 is 0 Å². The Kier molecular flexibility index (Phi) is 3.93. The highest BCUT2D eigenvalue weighted by Gasteiger charge is 2.07. The topological polar surface area (TPSA) is 69.0 Å². The molecule has 5 aromatic rings. The first-order chi connectivity index (χ1) is 15.3. The Hall–Kier alpha value is -4.25. The highest BCUT2D eigenvalue weighted by molar-refractivity contribution is 5.85. The van der Waals surface area contributed by atoms with Crippen LogP contribution in [-0.2, 0) is 0 Å². The van der Waals surface area contributed by atoms with Gasteiger partial charge in [-0.3, -0.25) is 0 Å². The maximum atomic E-state index is 5.61. The summed E-state index contributed by atoms with van der Waals surface area (Å²) in [5.41, 5.74) is 5.12. The number of hydrogen-bond donors (Lipinski definition) is 3. The minimum atomic E-state index is 0.781. The second-order valence-electron chi connectivity index (χ2n) is 7.61. The van der Waals surface area contributed by atoms with Crippen molar-refractivity contribution in [1.82, 2.24) is 15.0 Å². The molecule has 0 fully saturated rings. The van der Waals surface area contributed by atoms with Crippen molar-refractivity contribution in [2.45, 2.75) is 0 Å². The maximum Gasteiger partial charge on any atom is 0.144 e. The molecule has 0 saturated heterocycles. The van der Waals surface area contributed by atoms with Gasteiger partial charge in [-0.1, -0.05) is 36.4 Å². The van der Waals surface area contributed by atoms with Crippen LogP contribution in [0.1, 0.15) is 5.69 Å². The number of ether oxygens (including phenoxy) is 1. The van der Waals surface area contributed by atoms with E-state index in [1.807, 2.05) is 36.4 Å². The number of nitrogens with one attached hydrogen (secondary N) is 3. The summed E-state index contributed by atoms with van der Waals surface area (Å²) in [6.07, 6.45) is 4.14. The molecule has 31 heavy (non-hydrogen) atoms. The molecule has 3 N–H and O–H groups in total. The minimum Gasteiger partial charge on any atom is -0.494 e. The third-order valence-corrected chi connectivity index (χ3v) is 5.60.